The number of rotatable bonds is 15. The van der Waals surface area contributed by atoms with Crippen LogP contribution in [0.1, 0.15) is 60.7 Å². The highest BCUT2D eigenvalue weighted by Crippen LogP contribution is 2.36. The third-order valence-electron chi connectivity index (χ3n) is 12.5. The first-order chi connectivity index (χ1) is 33.2. The number of hydrogen-bond donors (Lipinski definition) is 5. The predicted molar refractivity (Wildman–Crippen MR) is 272 cm³/mol. The Bertz CT molecular complexity index is 2940. The van der Waals surface area contributed by atoms with Crippen molar-refractivity contribution in [2.24, 2.45) is 11.8 Å². The van der Waals surface area contributed by atoms with Crippen molar-refractivity contribution >= 4 is 67.8 Å². The van der Waals surface area contributed by atoms with E-state index in [1.807, 2.05) is 71.0 Å². The van der Waals surface area contributed by atoms with E-state index < -0.39 is 27.6 Å². The van der Waals surface area contributed by atoms with Gasteiger partial charge in [0.2, 0.25) is 21.8 Å². The van der Waals surface area contributed by atoms with Crippen molar-refractivity contribution in [3.05, 3.63) is 129 Å². The number of carbonyl (C=O) groups is 2. The number of halogens is 4. The number of nitrogens with zero attached hydrogens (tertiary/aromatic N) is 3. The zero-order valence-electron chi connectivity index (χ0n) is 40.1. The average molecular weight is 1020 g/mol. The lowest BCUT2D eigenvalue weighted by molar-refractivity contribution is -0.120. The third kappa shape index (κ3) is 12.9. The molecule has 372 valence electrons. The summed E-state index contributed by atoms with van der Waals surface area (Å²) in [6.45, 7) is 13.7. The molecule has 0 unspecified atom stereocenters. The maximum absolute atomic E-state index is 13.9. The van der Waals surface area contributed by atoms with Crippen LogP contribution in [0.15, 0.2) is 81.8 Å². The Kier molecular flexibility index (Phi) is 16.7. The van der Waals surface area contributed by atoms with Crippen molar-refractivity contribution in [2.75, 3.05) is 53.7 Å². The fraction of sp³-hybridized carbons (Fsp3) is 0.373. The molecule has 4 atom stereocenters. The number of amides is 2. The van der Waals surface area contributed by atoms with Crippen LogP contribution in [0.25, 0.3) is 22.3 Å². The van der Waals surface area contributed by atoms with Crippen molar-refractivity contribution in [3.63, 3.8) is 0 Å². The Morgan fingerprint density at radius 2 is 1.19 bits per heavy atom. The molecule has 2 saturated heterocycles. The number of anilines is 4. The van der Waals surface area contributed by atoms with E-state index in [4.69, 9.17) is 32.2 Å². The second kappa shape index (κ2) is 22.5. The number of carbonyl (C=O) groups excluding carboxylic acids is 2. The molecule has 70 heavy (non-hydrogen) atoms. The minimum absolute atomic E-state index is 0.0362. The lowest BCUT2D eigenvalue weighted by Crippen LogP contribution is -2.31. The van der Waals surface area contributed by atoms with Gasteiger partial charge in [0.15, 0.2) is 0 Å². The number of aryl methyl sites for hydroxylation is 4. The van der Waals surface area contributed by atoms with Crippen LogP contribution in [0.4, 0.5) is 31.5 Å². The van der Waals surface area contributed by atoms with Gasteiger partial charge in [-0.05, 0) is 131 Å². The number of benzene rings is 4. The second-order valence-corrected chi connectivity index (χ2v) is 21.0. The molecule has 2 amide bonds. The van der Waals surface area contributed by atoms with E-state index in [2.05, 4.69) is 36.9 Å². The molecule has 2 aliphatic heterocycles. The molecule has 2 aliphatic rings. The van der Waals surface area contributed by atoms with Gasteiger partial charge >= 0.3 is 0 Å². The van der Waals surface area contributed by atoms with Crippen LogP contribution in [-0.2, 0) is 32.5 Å². The van der Waals surface area contributed by atoms with Gasteiger partial charge in [0, 0.05) is 54.7 Å². The predicted octanol–water partition coefficient (Wildman–Crippen LogP) is 10.4. The van der Waals surface area contributed by atoms with Gasteiger partial charge in [-0.15, -0.1) is 0 Å². The first kappa shape index (κ1) is 52.0. The van der Waals surface area contributed by atoms with Crippen LogP contribution < -0.4 is 26.6 Å². The summed E-state index contributed by atoms with van der Waals surface area (Å²) >= 11 is 11.6. The van der Waals surface area contributed by atoms with E-state index in [9.17, 15) is 26.8 Å². The van der Waals surface area contributed by atoms with E-state index in [-0.39, 0.29) is 33.8 Å². The summed E-state index contributed by atoms with van der Waals surface area (Å²) in [5.74, 6) is -0.822. The summed E-state index contributed by atoms with van der Waals surface area (Å²) in [7, 11) is -3.28. The van der Waals surface area contributed by atoms with E-state index in [0.717, 1.165) is 70.2 Å². The minimum Gasteiger partial charge on any atom is -0.379 e. The van der Waals surface area contributed by atoms with Gasteiger partial charge in [-0.1, -0.05) is 71.6 Å². The summed E-state index contributed by atoms with van der Waals surface area (Å²) in [5, 5.41) is 24.6. The van der Waals surface area contributed by atoms with Gasteiger partial charge in [-0.2, -0.15) is 0 Å². The Hall–Kier alpha value is -5.85. The molecule has 5 N–H and O–H groups in total. The van der Waals surface area contributed by atoms with Gasteiger partial charge in [0.25, 0.3) is 0 Å². The second-order valence-electron chi connectivity index (χ2n) is 18.2. The van der Waals surface area contributed by atoms with Gasteiger partial charge in [0.05, 0.1) is 50.4 Å². The lowest BCUT2D eigenvalue weighted by atomic mass is 9.99. The summed E-state index contributed by atoms with van der Waals surface area (Å²) < 4.78 is 63.7. The summed E-state index contributed by atoms with van der Waals surface area (Å²) in [6.07, 6.45) is 3.59. The molecule has 0 bridgehead atoms. The standard InChI is InChI=1S/C26H30ClFN4O4S.C25H28ClFN4O2/c1-15(11-18-5-7-21(27)22(28)12-18)26(33)30-24-13-19(25-16(2)31-36-17(25)3)6-8-23(24)29-20-9-10-32(14-20)37(4,34)35;1-14(10-17-4-6-20(26)21(27)11-17)25(32)30-23-12-18(24-15(2)31-33-16(24)3)5-7-22(23)29-19-8-9-28-13-19/h5-8,12-13,15,20,29H,9-11,14H2,1-4H3,(H,30,33);4-7,11-12,14,19,28-29H,8-10,13H2,1-3H3,(H,30,32)/t15-,20+;14-,19+/m11/s1. The van der Waals surface area contributed by atoms with E-state index >= 15 is 0 Å². The van der Waals surface area contributed by atoms with Crippen molar-refractivity contribution < 1.29 is 35.8 Å². The number of sulfonamides is 1. The van der Waals surface area contributed by atoms with Crippen molar-refractivity contribution in [2.45, 2.75) is 79.3 Å². The molecule has 8 rings (SSSR count). The number of aromatic nitrogens is 2. The maximum Gasteiger partial charge on any atom is 0.227 e. The van der Waals surface area contributed by atoms with Gasteiger partial charge < -0.3 is 35.6 Å². The molecular weight excluding hydrogens is 962 g/mol. The molecule has 6 aromatic rings. The SMILES string of the molecule is Cc1noc(C)c1-c1ccc(N[C@H]2CCN(S(C)(=O)=O)C2)c(NC(=O)[C@H](C)Cc2ccc(Cl)c(F)c2)c1.Cc1noc(C)c1-c1ccc(N[C@H]2CCNC2)c(NC(=O)[C@H](C)Cc2ccc(Cl)c(F)c2)c1. The van der Waals surface area contributed by atoms with Crippen molar-refractivity contribution in [3.8, 4) is 22.3 Å². The van der Waals surface area contributed by atoms with Gasteiger partial charge in [0.1, 0.15) is 23.2 Å². The molecule has 14 nitrogen and oxygen atoms in total. The zero-order valence-corrected chi connectivity index (χ0v) is 42.4. The highest BCUT2D eigenvalue weighted by Gasteiger charge is 2.30. The highest BCUT2D eigenvalue weighted by atomic mass is 35.5. The van der Waals surface area contributed by atoms with Crippen molar-refractivity contribution in [1.29, 1.82) is 0 Å². The normalized spacial score (nSPS) is 16.8. The molecule has 2 aromatic heterocycles. The fourth-order valence-corrected chi connectivity index (χ4v) is 9.87. The molecule has 19 heteroatoms. The monoisotopic (exact) mass is 1020 g/mol. The zero-order chi connectivity index (χ0) is 50.4. The van der Waals surface area contributed by atoms with E-state index in [0.29, 0.717) is 66.8 Å². The van der Waals surface area contributed by atoms with Gasteiger partial charge in [-0.25, -0.2) is 21.5 Å². The van der Waals surface area contributed by atoms with Crippen LogP contribution >= 0.6 is 23.2 Å². The Morgan fingerprint density at radius 1 is 0.714 bits per heavy atom. The molecule has 4 aromatic carbocycles. The first-order valence-corrected chi connectivity index (χ1v) is 25.7. The first-order valence-electron chi connectivity index (χ1n) is 23.1. The molecular formula is C51H58Cl2F2N8O6S. The van der Waals surface area contributed by atoms with Crippen LogP contribution in [0.2, 0.25) is 10.0 Å². The van der Waals surface area contributed by atoms with E-state index in [1.54, 1.807) is 19.1 Å². The van der Waals surface area contributed by atoms with Crippen LogP contribution in [-0.4, -0.2) is 79.4 Å². The smallest absolute Gasteiger partial charge is 0.227 e. The highest BCUT2D eigenvalue weighted by molar-refractivity contribution is 7.88. The number of hydrogen-bond acceptors (Lipinski definition) is 11. The average Bonchev–Trinajstić information content (AvgIpc) is 4.14. The quantitative estimate of drug-likeness (QED) is 0.0660. The molecule has 0 aliphatic carbocycles. The van der Waals surface area contributed by atoms with Crippen LogP contribution in [0, 0.1) is 51.2 Å². The molecule has 0 radical (unpaired) electrons. The van der Waals surface area contributed by atoms with Crippen LogP contribution in [0.5, 0.6) is 0 Å². The molecule has 0 spiro atoms. The van der Waals surface area contributed by atoms with E-state index in [1.165, 1.54) is 34.8 Å². The lowest BCUT2D eigenvalue weighted by Gasteiger charge is -2.20. The van der Waals surface area contributed by atoms with Crippen LogP contribution in [0.3, 0.4) is 0 Å². The molecule has 4 heterocycles. The Balaban J connectivity index is 0.000000208. The number of nitrogens with one attached hydrogen (secondary N) is 5. The Labute approximate surface area is 417 Å². The third-order valence-corrected chi connectivity index (χ3v) is 14.4. The fourth-order valence-electron chi connectivity index (χ4n) is 8.75. The largest absolute Gasteiger partial charge is 0.379 e. The molecule has 0 saturated carbocycles. The van der Waals surface area contributed by atoms with Gasteiger partial charge in [-0.3, -0.25) is 9.59 Å². The minimum atomic E-state index is -3.28. The Morgan fingerprint density at radius 3 is 1.57 bits per heavy atom. The summed E-state index contributed by atoms with van der Waals surface area (Å²) in [6, 6.07) is 20.9. The summed E-state index contributed by atoms with van der Waals surface area (Å²) in [4.78, 5) is 26.3. The maximum atomic E-state index is 13.9. The molecule has 2 fully saturated rings. The topological polar surface area (TPSA) is 184 Å². The summed E-state index contributed by atoms with van der Waals surface area (Å²) in [5.41, 5.74) is 9.20. The van der Waals surface area contributed by atoms with Crippen molar-refractivity contribution in [1.82, 2.24) is 19.9 Å².